The number of carbonyl (C=O) groups is 2. The molecule has 1 fully saturated rings. The molecule has 0 N–H and O–H groups in total. The smallest absolute Gasteiger partial charge is 0.345 e. The molecule has 0 saturated carbocycles. The summed E-state index contributed by atoms with van der Waals surface area (Å²) < 4.78 is 23.6. The molecule has 0 amide bonds. The van der Waals surface area contributed by atoms with Gasteiger partial charge in [-0.3, -0.25) is 0 Å². The Morgan fingerprint density at radius 2 is 1.75 bits per heavy atom. The monoisotopic (exact) mass is 281 g/mol. The second kappa shape index (κ2) is 5.48. The molecule has 5 nitrogen and oxygen atoms in total. The van der Waals surface area contributed by atoms with Gasteiger partial charge in [-0.1, -0.05) is 12.1 Å². The fourth-order valence-electron chi connectivity index (χ4n) is 2.09. The summed E-state index contributed by atoms with van der Waals surface area (Å²) in [6.45, 7) is 3.64. The molecule has 0 atom stereocenters. The highest BCUT2D eigenvalue weighted by Crippen LogP contribution is 2.41. The first kappa shape index (κ1) is 14.3. The third-order valence-corrected chi connectivity index (χ3v) is 3.11. The van der Waals surface area contributed by atoms with Crippen LogP contribution in [0.4, 0.5) is 10.1 Å². The van der Waals surface area contributed by atoms with Crippen molar-refractivity contribution in [3.63, 3.8) is 0 Å². The largest absolute Gasteiger partial charge is 0.464 e. The van der Waals surface area contributed by atoms with Gasteiger partial charge in [-0.2, -0.15) is 0 Å². The molecule has 1 aliphatic rings. The van der Waals surface area contributed by atoms with Gasteiger partial charge in [-0.15, -0.1) is 0 Å². The minimum Gasteiger partial charge on any atom is -0.464 e. The van der Waals surface area contributed by atoms with Crippen molar-refractivity contribution in [2.24, 2.45) is 0 Å². The van der Waals surface area contributed by atoms with Crippen LogP contribution in [-0.4, -0.2) is 37.2 Å². The van der Waals surface area contributed by atoms with Crippen LogP contribution in [-0.2, 0) is 19.1 Å². The molecule has 0 radical (unpaired) electrons. The summed E-state index contributed by atoms with van der Waals surface area (Å²) in [5, 5.41) is 0. The zero-order valence-corrected chi connectivity index (χ0v) is 11.4. The topological polar surface area (TPSA) is 55.6 Å². The standard InChI is InChI=1S/C14H16FNO4/c1-3-19-12(17)14(13(18)20-4-2)9-16(14)11-8-6-5-7-10(11)15/h5-8H,3-4,9H2,1-2H3. The SMILES string of the molecule is CCOC(=O)C1(C(=O)OCC)CN1c1ccccc1F. The van der Waals surface area contributed by atoms with Crippen molar-refractivity contribution in [2.45, 2.75) is 19.4 Å². The quantitative estimate of drug-likeness (QED) is 0.465. The first-order valence-corrected chi connectivity index (χ1v) is 6.44. The van der Waals surface area contributed by atoms with Crippen LogP contribution in [0.15, 0.2) is 24.3 Å². The van der Waals surface area contributed by atoms with Gasteiger partial charge < -0.3 is 14.4 Å². The number of para-hydroxylation sites is 1. The van der Waals surface area contributed by atoms with E-state index in [1.165, 1.54) is 17.0 Å². The van der Waals surface area contributed by atoms with Crippen molar-refractivity contribution >= 4 is 17.6 Å². The van der Waals surface area contributed by atoms with Gasteiger partial charge in [-0.05, 0) is 26.0 Å². The van der Waals surface area contributed by atoms with E-state index in [1.54, 1.807) is 26.0 Å². The fraction of sp³-hybridized carbons (Fsp3) is 0.429. The number of carbonyl (C=O) groups excluding carboxylic acids is 2. The molecule has 20 heavy (non-hydrogen) atoms. The summed E-state index contributed by atoms with van der Waals surface area (Å²) >= 11 is 0. The second-order valence-electron chi connectivity index (χ2n) is 4.34. The molecular weight excluding hydrogens is 265 g/mol. The van der Waals surface area contributed by atoms with Gasteiger partial charge >= 0.3 is 11.9 Å². The van der Waals surface area contributed by atoms with E-state index >= 15 is 0 Å². The average Bonchev–Trinajstić information content (AvgIpc) is 3.16. The first-order valence-electron chi connectivity index (χ1n) is 6.44. The first-order chi connectivity index (χ1) is 9.57. The van der Waals surface area contributed by atoms with Crippen LogP contribution in [0.3, 0.4) is 0 Å². The lowest BCUT2D eigenvalue weighted by molar-refractivity contribution is -0.158. The van der Waals surface area contributed by atoms with E-state index in [9.17, 15) is 14.0 Å². The van der Waals surface area contributed by atoms with Crippen LogP contribution in [0.25, 0.3) is 0 Å². The highest BCUT2D eigenvalue weighted by molar-refractivity contribution is 6.14. The van der Waals surface area contributed by atoms with Crippen molar-refractivity contribution in [1.29, 1.82) is 0 Å². The number of nitrogens with zero attached hydrogens (tertiary/aromatic N) is 1. The number of halogens is 1. The van der Waals surface area contributed by atoms with Gasteiger partial charge in [0.25, 0.3) is 5.54 Å². The molecule has 2 rings (SSSR count). The maximum absolute atomic E-state index is 13.8. The third kappa shape index (κ3) is 2.21. The van der Waals surface area contributed by atoms with Crippen molar-refractivity contribution in [1.82, 2.24) is 0 Å². The maximum atomic E-state index is 13.8. The molecule has 0 aromatic heterocycles. The number of ether oxygens (including phenoxy) is 2. The van der Waals surface area contributed by atoms with E-state index in [1.807, 2.05) is 0 Å². The Morgan fingerprint density at radius 3 is 2.25 bits per heavy atom. The lowest BCUT2D eigenvalue weighted by atomic mass is 10.1. The lowest BCUT2D eigenvalue weighted by Crippen LogP contribution is -2.41. The summed E-state index contributed by atoms with van der Waals surface area (Å²) in [5.74, 6) is -1.91. The molecular formula is C14H16FNO4. The number of benzene rings is 1. The Labute approximate surface area is 116 Å². The van der Waals surface area contributed by atoms with E-state index < -0.39 is 23.3 Å². The Morgan fingerprint density at radius 1 is 1.20 bits per heavy atom. The molecule has 0 aliphatic carbocycles. The summed E-state index contributed by atoms with van der Waals surface area (Å²) in [4.78, 5) is 25.5. The van der Waals surface area contributed by atoms with Gasteiger partial charge in [-0.25, -0.2) is 14.0 Å². The number of esters is 2. The van der Waals surface area contributed by atoms with E-state index in [0.29, 0.717) is 0 Å². The van der Waals surface area contributed by atoms with E-state index in [2.05, 4.69) is 0 Å². The molecule has 0 unspecified atom stereocenters. The maximum Gasteiger partial charge on any atom is 0.345 e. The van der Waals surface area contributed by atoms with Gasteiger partial charge in [0.2, 0.25) is 0 Å². The molecule has 1 heterocycles. The van der Waals surface area contributed by atoms with Crippen LogP contribution in [0.5, 0.6) is 0 Å². The summed E-state index contributed by atoms with van der Waals surface area (Å²) in [5.41, 5.74) is -1.36. The van der Waals surface area contributed by atoms with Crippen molar-refractivity contribution in [2.75, 3.05) is 24.7 Å². The normalized spacial score (nSPS) is 15.7. The molecule has 1 saturated heterocycles. The molecule has 1 aromatic rings. The molecule has 0 bridgehead atoms. The predicted octanol–water partition coefficient (Wildman–Crippen LogP) is 1.51. The number of hydrogen-bond donors (Lipinski definition) is 0. The van der Waals surface area contributed by atoms with Crippen LogP contribution >= 0.6 is 0 Å². The van der Waals surface area contributed by atoms with E-state index in [-0.39, 0.29) is 25.4 Å². The molecule has 1 aliphatic heterocycles. The minimum atomic E-state index is -1.55. The van der Waals surface area contributed by atoms with Gasteiger partial charge in [0, 0.05) is 0 Å². The van der Waals surface area contributed by atoms with Crippen molar-refractivity contribution in [3.8, 4) is 0 Å². The van der Waals surface area contributed by atoms with Gasteiger partial charge in [0.1, 0.15) is 5.82 Å². The van der Waals surface area contributed by atoms with Crippen molar-refractivity contribution in [3.05, 3.63) is 30.1 Å². The zero-order valence-electron chi connectivity index (χ0n) is 11.4. The Kier molecular flexibility index (Phi) is 3.92. The summed E-state index contributed by atoms with van der Waals surface area (Å²) in [6, 6.07) is 5.96. The molecule has 1 aromatic carbocycles. The fourth-order valence-corrected chi connectivity index (χ4v) is 2.09. The number of rotatable bonds is 5. The van der Waals surface area contributed by atoms with E-state index in [4.69, 9.17) is 9.47 Å². The Bertz CT molecular complexity index is 514. The van der Waals surface area contributed by atoms with Crippen LogP contribution in [0, 0.1) is 5.82 Å². The summed E-state index contributed by atoms with van der Waals surface area (Å²) in [6.07, 6.45) is 0. The predicted molar refractivity (Wildman–Crippen MR) is 69.7 cm³/mol. The Balaban J connectivity index is 2.31. The molecule has 108 valence electrons. The Hall–Kier alpha value is -2.11. The third-order valence-electron chi connectivity index (χ3n) is 3.11. The van der Waals surface area contributed by atoms with Gasteiger partial charge in [0.15, 0.2) is 0 Å². The zero-order chi connectivity index (χ0) is 14.8. The van der Waals surface area contributed by atoms with Crippen LogP contribution in [0.1, 0.15) is 13.8 Å². The number of hydrogen-bond acceptors (Lipinski definition) is 5. The number of anilines is 1. The van der Waals surface area contributed by atoms with E-state index in [0.717, 1.165) is 0 Å². The highest BCUT2D eigenvalue weighted by atomic mass is 19.1. The van der Waals surface area contributed by atoms with Crippen LogP contribution in [0.2, 0.25) is 0 Å². The minimum absolute atomic E-state index is 0.0611. The highest BCUT2D eigenvalue weighted by Gasteiger charge is 2.67. The average molecular weight is 281 g/mol. The summed E-state index contributed by atoms with van der Waals surface area (Å²) in [7, 11) is 0. The van der Waals surface area contributed by atoms with Gasteiger partial charge in [0.05, 0.1) is 25.4 Å². The second-order valence-corrected chi connectivity index (χ2v) is 4.34. The van der Waals surface area contributed by atoms with Crippen molar-refractivity contribution < 1.29 is 23.5 Å². The van der Waals surface area contributed by atoms with Crippen LogP contribution < -0.4 is 4.90 Å². The molecule has 6 heteroatoms. The molecule has 0 spiro atoms. The lowest BCUT2D eigenvalue weighted by Gasteiger charge is -2.16.